The van der Waals surface area contributed by atoms with Gasteiger partial charge in [-0.15, -0.1) is 0 Å². The zero-order valence-corrected chi connectivity index (χ0v) is 18.9. The van der Waals surface area contributed by atoms with Crippen molar-refractivity contribution in [1.29, 1.82) is 0 Å². The quantitative estimate of drug-likeness (QED) is 0.756. The molecule has 29 heavy (non-hydrogen) atoms. The first kappa shape index (κ1) is 22.1. The molecule has 0 radical (unpaired) electrons. The Kier molecular flexibility index (Phi) is 7.23. The molecule has 3 rings (SSSR count). The second kappa shape index (κ2) is 9.48. The Morgan fingerprint density at radius 2 is 1.62 bits per heavy atom. The standard InChI is InChI=1S/C24H39N3O2/c1-18(19-8-12-22(13-9-19)27-16-14-26(5)15-17-27)25-21-10-6-20(7-11-21)23(28)29-24(2,3)4/h8-9,12-13,18,20-21,25H,6-7,10-11,14-17H2,1-5H3/t18-,20?,21?/m0/s1. The molecular weight excluding hydrogens is 362 g/mol. The number of benzene rings is 1. The molecule has 2 fully saturated rings. The molecule has 1 saturated carbocycles. The Morgan fingerprint density at radius 3 is 2.17 bits per heavy atom. The van der Waals surface area contributed by atoms with Crippen LogP contribution in [0.4, 0.5) is 5.69 Å². The van der Waals surface area contributed by atoms with Crippen molar-refractivity contribution in [2.24, 2.45) is 5.92 Å². The van der Waals surface area contributed by atoms with Crippen molar-refractivity contribution < 1.29 is 9.53 Å². The lowest BCUT2D eigenvalue weighted by molar-refractivity contribution is -0.161. The maximum absolute atomic E-state index is 12.3. The van der Waals surface area contributed by atoms with Crippen molar-refractivity contribution in [3.63, 3.8) is 0 Å². The molecule has 1 saturated heterocycles. The van der Waals surface area contributed by atoms with Gasteiger partial charge >= 0.3 is 5.97 Å². The lowest BCUT2D eigenvalue weighted by Crippen LogP contribution is -2.44. The number of carbonyl (C=O) groups is 1. The molecule has 5 heteroatoms. The fraction of sp³-hybridized carbons (Fsp3) is 0.708. The molecule has 5 nitrogen and oxygen atoms in total. The first-order valence-electron chi connectivity index (χ1n) is 11.2. The number of hydrogen-bond donors (Lipinski definition) is 1. The summed E-state index contributed by atoms with van der Waals surface area (Å²) in [5.74, 6) is 0.0361. The molecular formula is C24H39N3O2. The van der Waals surface area contributed by atoms with E-state index < -0.39 is 5.60 Å². The lowest BCUT2D eigenvalue weighted by Gasteiger charge is -2.34. The van der Waals surface area contributed by atoms with E-state index >= 15 is 0 Å². The minimum Gasteiger partial charge on any atom is -0.460 e. The predicted molar refractivity (Wildman–Crippen MR) is 119 cm³/mol. The largest absolute Gasteiger partial charge is 0.460 e. The first-order chi connectivity index (χ1) is 13.7. The van der Waals surface area contributed by atoms with E-state index in [4.69, 9.17) is 4.74 Å². The van der Waals surface area contributed by atoms with Gasteiger partial charge in [0, 0.05) is 44.0 Å². The minimum atomic E-state index is -0.392. The number of ether oxygens (including phenoxy) is 1. The highest BCUT2D eigenvalue weighted by molar-refractivity contribution is 5.73. The van der Waals surface area contributed by atoms with Crippen LogP contribution in [0.5, 0.6) is 0 Å². The summed E-state index contributed by atoms with van der Waals surface area (Å²) in [5, 5.41) is 3.78. The lowest BCUT2D eigenvalue weighted by atomic mass is 9.85. The third-order valence-electron chi connectivity index (χ3n) is 6.21. The van der Waals surface area contributed by atoms with Crippen molar-refractivity contribution >= 4 is 11.7 Å². The maximum Gasteiger partial charge on any atom is 0.309 e. The molecule has 1 aliphatic carbocycles. The summed E-state index contributed by atoms with van der Waals surface area (Å²) in [4.78, 5) is 17.2. The van der Waals surface area contributed by atoms with Crippen molar-refractivity contribution in [1.82, 2.24) is 10.2 Å². The average Bonchev–Trinajstić information content (AvgIpc) is 2.68. The Balaban J connectivity index is 1.46. The molecule has 0 unspecified atom stereocenters. The second-order valence-electron chi connectivity index (χ2n) is 9.85. The molecule has 0 spiro atoms. The van der Waals surface area contributed by atoms with Crippen molar-refractivity contribution in [2.75, 3.05) is 38.1 Å². The number of nitrogens with zero attached hydrogens (tertiary/aromatic N) is 2. The third-order valence-corrected chi connectivity index (χ3v) is 6.21. The van der Waals surface area contributed by atoms with Gasteiger partial charge in [-0.25, -0.2) is 0 Å². The normalized spacial score (nSPS) is 24.9. The summed E-state index contributed by atoms with van der Waals surface area (Å²) in [7, 11) is 2.19. The smallest absolute Gasteiger partial charge is 0.309 e. The van der Waals surface area contributed by atoms with Crippen LogP contribution >= 0.6 is 0 Å². The van der Waals surface area contributed by atoms with Gasteiger partial charge in [-0.3, -0.25) is 4.79 Å². The van der Waals surface area contributed by atoms with Gasteiger partial charge in [0.1, 0.15) is 5.60 Å². The van der Waals surface area contributed by atoms with Gasteiger partial charge in [-0.05, 0) is 78.1 Å². The van der Waals surface area contributed by atoms with Crippen molar-refractivity contribution in [3.05, 3.63) is 29.8 Å². The van der Waals surface area contributed by atoms with Gasteiger partial charge in [0.15, 0.2) is 0 Å². The van der Waals surface area contributed by atoms with E-state index in [9.17, 15) is 4.79 Å². The molecule has 0 aromatic heterocycles. The van der Waals surface area contributed by atoms with Crippen molar-refractivity contribution in [2.45, 2.75) is 71.1 Å². The van der Waals surface area contributed by atoms with E-state index in [0.717, 1.165) is 51.9 Å². The number of likely N-dealkylation sites (N-methyl/N-ethyl adjacent to an activating group) is 1. The Labute approximate surface area is 176 Å². The predicted octanol–water partition coefficient (Wildman–Crippen LogP) is 3.99. The Bertz CT molecular complexity index is 652. The molecule has 1 heterocycles. The zero-order valence-electron chi connectivity index (χ0n) is 18.9. The van der Waals surface area contributed by atoms with Crippen LogP contribution in [0.2, 0.25) is 0 Å². The number of rotatable bonds is 5. The van der Waals surface area contributed by atoms with Gasteiger partial charge in [-0.2, -0.15) is 0 Å². The average molecular weight is 402 g/mol. The molecule has 0 amide bonds. The van der Waals surface area contributed by atoms with Gasteiger partial charge in [0.25, 0.3) is 0 Å². The fourth-order valence-electron chi connectivity index (χ4n) is 4.37. The van der Waals surface area contributed by atoms with Gasteiger partial charge in [0.05, 0.1) is 5.92 Å². The van der Waals surface area contributed by atoms with E-state index in [1.165, 1.54) is 11.3 Å². The van der Waals surface area contributed by atoms with E-state index in [1.807, 2.05) is 20.8 Å². The summed E-state index contributed by atoms with van der Waals surface area (Å²) in [6, 6.07) is 9.84. The highest BCUT2D eigenvalue weighted by atomic mass is 16.6. The number of hydrogen-bond acceptors (Lipinski definition) is 5. The number of anilines is 1. The van der Waals surface area contributed by atoms with Crippen LogP contribution in [0.1, 0.15) is 65.0 Å². The van der Waals surface area contributed by atoms with Crippen LogP contribution in [0.3, 0.4) is 0 Å². The first-order valence-corrected chi connectivity index (χ1v) is 11.2. The van der Waals surface area contributed by atoms with Crippen molar-refractivity contribution in [3.8, 4) is 0 Å². The molecule has 2 aliphatic rings. The van der Waals surface area contributed by atoms with Gasteiger partial charge in [0.2, 0.25) is 0 Å². The van der Waals surface area contributed by atoms with E-state index in [0.29, 0.717) is 12.1 Å². The van der Waals surface area contributed by atoms with Crippen LogP contribution in [-0.4, -0.2) is 55.7 Å². The molecule has 1 N–H and O–H groups in total. The zero-order chi connectivity index (χ0) is 21.0. The summed E-state index contributed by atoms with van der Waals surface area (Å²) >= 11 is 0. The number of nitrogens with one attached hydrogen (secondary N) is 1. The monoisotopic (exact) mass is 401 g/mol. The number of carbonyl (C=O) groups excluding carboxylic acids is 1. The molecule has 1 atom stereocenters. The topological polar surface area (TPSA) is 44.8 Å². The summed E-state index contributed by atoms with van der Waals surface area (Å²) in [5.41, 5.74) is 2.26. The molecule has 1 aliphatic heterocycles. The summed E-state index contributed by atoms with van der Waals surface area (Å²) < 4.78 is 5.56. The Hall–Kier alpha value is -1.59. The highest BCUT2D eigenvalue weighted by Gasteiger charge is 2.30. The molecule has 162 valence electrons. The van der Waals surface area contributed by atoms with E-state index in [2.05, 4.69) is 53.4 Å². The number of esters is 1. The summed E-state index contributed by atoms with van der Waals surface area (Å²) in [6.07, 6.45) is 3.91. The molecule has 1 aromatic carbocycles. The van der Waals surface area contributed by atoms with Gasteiger partial charge < -0.3 is 19.9 Å². The van der Waals surface area contributed by atoms with Gasteiger partial charge in [-0.1, -0.05) is 12.1 Å². The minimum absolute atomic E-state index is 0.0245. The third kappa shape index (κ3) is 6.45. The maximum atomic E-state index is 12.3. The summed E-state index contributed by atoms with van der Waals surface area (Å²) in [6.45, 7) is 12.5. The van der Waals surface area contributed by atoms with Crippen LogP contribution in [0, 0.1) is 5.92 Å². The van der Waals surface area contributed by atoms with Crippen LogP contribution in [0.25, 0.3) is 0 Å². The van der Waals surface area contributed by atoms with Crippen LogP contribution in [0.15, 0.2) is 24.3 Å². The molecule has 0 bridgehead atoms. The second-order valence-corrected chi connectivity index (χ2v) is 9.85. The van der Waals surface area contributed by atoms with E-state index in [-0.39, 0.29) is 11.9 Å². The van der Waals surface area contributed by atoms with E-state index in [1.54, 1.807) is 0 Å². The highest BCUT2D eigenvalue weighted by Crippen LogP contribution is 2.29. The Morgan fingerprint density at radius 1 is 1.03 bits per heavy atom. The molecule has 1 aromatic rings. The van der Waals surface area contributed by atoms with Crippen LogP contribution in [-0.2, 0) is 9.53 Å². The van der Waals surface area contributed by atoms with Crippen LogP contribution < -0.4 is 10.2 Å². The fourth-order valence-corrected chi connectivity index (χ4v) is 4.37. The SMILES string of the molecule is C[C@H](NC1CCC(C(=O)OC(C)(C)C)CC1)c1ccc(N2CCN(C)CC2)cc1. The number of piperazine rings is 1.